The zero-order chi connectivity index (χ0) is 13.1. The van der Waals surface area contributed by atoms with Gasteiger partial charge in [0.25, 0.3) is 0 Å². The van der Waals surface area contributed by atoms with Gasteiger partial charge in [0.05, 0.1) is 5.69 Å². The predicted molar refractivity (Wildman–Crippen MR) is 57.0 cm³/mol. The molecule has 0 aliphatic heterocycles. The predicted octanol–water partition coefficient (Wildman–Crippen LogP) is 2.89. The average molecular weight is 247 g/mol. The molecule has 0 heterocycles. The van der Waals surface area contributed by atoms with Crippen LogP contribution in [0.15, 0.2) is 18.2 Å². The third-order valence-electron chi connectivity index (χ3n) is 1.84. The molecule has 3 nitrogen and oxygen atoms in total. The molecule has 1 aromatic carbocycles. The first-order valence-electron chi connectivity index (χ1n) is 4.86. The molecule has 1 rings (SSSR count). The Labute approximate surface area is 96.6 Å². The maximum atomic E-state index is 12.0. The fourth-order valence-corrected chi connectivity index (χ4v) is 1.20. The van der Waals surface area contributed by atoms with Gasteiger partial charge >= 0.3 is 6.18 Å². The Kier molecular flexibility index (Phi) is 3.98. The van der Waals surface area contributed by atoms with Gasteiger partial charge in [-0.1, -0.05) is 6.07 Å². The van der Waals surface area contributed by atoms with Crippen LogP contribution in [0.4, 0.5) is 18.9 Å². The highest BCUT2D eigenvalue weighted by Crippen LogP contribution is 2.27. The number of ether oxygens (including phenoxy) is 1. The van der Waals surface area contributed by atoms with E-state index in [4.69, 9.17) is 0 Å². The Bertz CT molecular complexity index is 416. The molecule has 1 amide bonds. The van der Waals surface area contributed by atoms with Crippen molar-refractivity contribution in [2.45, 2.75) is 20.0 Å². The number of hydrogen-bond acceptors (Lipinski definition) is 2. The molecule has 0 aromatic heterocycles. The van der Waals surface area contributed by atoms with E-state index in [0.29, 0.717) is 0 Å². The van der Waals surface area contributed by atoms with E-state index < -0.39 is 12.8 Å². The number of carbonyl (C=O) groups excluding carboxylic acids is 1. The Hall–Kier alpha value is -1.72. The number of rotatable bonds is 3. The van der Waals surface area contributed by atoms with Crippen LogP contribution in [-0.2, 0) is 4.79 Å². The molecule has 0 aliphatic carbocycles. The van der Waals surface area contributed by atoms with Crippen molar-refractivity contribution in [3.63, 3.8) is 0 Å². The van der Waals surface area contributed by atoms with Crippen LogP contribution in [0.2, 0.25) is 0 Å². The normalized spacial score (nSPS) is 11.1. The summed E-state index contributed by atoms with van der Waals surface area (Å²) in [5, 5.41) is 2.41. The topological polar surface area (TPSA) is 38.3 Å². The van der Waals surface area contributed by atoms with E-state index in [-0.39, 0.29) is 17.3 Å². The summed E-state index contributed by atoms with van der Waals surface area (Å²) in [6.45, 7) is 1.61. The standard InChI is InChI=1S/C11H12F3NO2/c1-7-3-4-9(15-8(2)16)10(5-7)17-6-11(12,13)14/h3-5H,6H2,1-2H3,(H,15,16). The molecule has 6 heteroatoms. The van der Waals surface area contributed by atoms with E-state index in [1.54, 1.807) is 13.0 Å². The maximum Gasteiger partial charge on any atom is 0.422 e. The van der Waals surface area contributed by atoms with Crippen LogP contribution in [0.3, 0.4) is 0 Å². The van der Waals surface area contributed by atoms with Gasteiger partial charge in [0.1, 0.15) is 5.75 Å². The van der Waals surface area contributed by atoms with Crippen molar-refractivity contribution in [1.82, 2.24) is 0 Å². The number of alkyl halides is 3. The van der Waals surface area contributed by atoms with Crippen molar-refractivity contribution in [3.05, 3.63) is 23.8 Å². The van der Waals surface area contributed by atoms with Crippen molar-refractivity contribution in [2.75, 3.05) is 11.9 Å². The Morgan fingerprint density at radius 3 is 2.59 bits per heavy atom. The van der Waals surface area contributed by atoms with Crippen molar-refractivity contribution in [3.8, 4) is 5.75 Å². The lowest BCUT2D eigenvalue weighted by Gasteiger charge is -2.13. The first-order valence-corrected chi connectivity index (χ1v) is 4.86. The second-order valence-corrected chi connectivity index (χ2v) is 3.58. The number of benzene rings is 1. The van der Waals surface area contributed by atoms with E-state index in [0.717, 1.165) is 5.56 Å². The van der Waals surface area contributed by atoms with Gasteiger partial charge in [-0.15, -0.1) is 0 Å². The first kappa shape index (κ1) is 13.3. The largest absolute Gasteiger partial charge is 0.482 e. The zero-order valence-corrected chi connectivity index (χ0v) is 9.39. The van der Waals surface area contributed by atoms with Gasteiger partial charge in [0.15, 0.2) is 6.61 Å². The molecule has 0 fully saturated rings. The lowest BCUT2D eigenvalue weighted by molar-refractivity contribution is -0.153. The van der Waals surface area contributed by atoms with Gasteiger partial charge in [0, 0.05) is 6.92 Å². The highest BCUT2D eigenvalue weighted by Gasteiger charge is 2.28. The Morgan fingerprint density at radius 2 is 2.06 bits per heavy atom. The fraction of sp³-hybridized carbons (Fsp3) is 0.364. The number of anilines is 1. The van der Waals surface area contributed by atoms with E-state index in [2.05, 4.69) is 10.1 Å². The fourth-order valence-electron chi connectivity index (χ4n) is 1.20. The summed E-state index contributed by atoms with van der Waals surface area (Å²) in [5.74, 6) is -0.358. The van der Waals surface area contributed by atoms with Gasteiger partial charge in [-0.2, -0.15) is 13.2 Å². The molecule has 0 unspecified atom stereocenters. The Balaban J connectivity index is 2.87. The number of carbonyl (C=O) groups is 1. The minimum absolute atomic E-state index is 0.0116. The summed E-state index contributed by atoms with van der Waals surface area (Å²) >= 11 is 0. The lowest BCUT2D eigenvalue weighted by atomic mass is 10.2. The van der Waals surface area contributed by atoms with Crippen LogP contribution in [0.25, 0.3) is 0 Å². The van der Waals surface area contributed by atoms with Crippen LogP contribution in [0, 0.1) is 6.92 Å². The Morgan fingerprint density at radius 1 is 1.41 bits per heavy atom. The van der Waals surface area contributed by atoms with Crippen LogP contribution in [0.1, 0.15) is 12.5 Å². The van der Waals surface area contributed by atoms with Gasteiger partial charge in [-0.25, -0.2) is 0 Å². The van der Waals surface area contributed by atoms with Crippen molar-refractivity contribution in [2.24, 2.45) is 0 Å². The SMILES string of the molecule is CC(=O)Nc1ccc(C)cc1OCC(F)(F)F. The molecule has 0 saturated carbocycles. The highest BCUT2D eigenvalue weighted by atomic mass is 19.4. The summed E-state index contributed by atoms with van der Waals surface area (Å²) in [6, 6.07) is 4.62. The van der Waals surface area contributed by atoms with E-state index in [1.165, 1.54) is 19.1 Å². The van der Waals surface area contributed by atoms with Crippen LogP contribution >= 0.6 is 0 Å². The molecule has 0 spiro atoms. The second-order valence-electron chi connectivity index (χ2n) is 3.58. The van der Waals surface area contributed by atoms with Crippen LogP contribution in [0.5, 0.6) is 5.75 Å². The average Bonchev–Trinajstić information content (AvgIpc) is 2.16. The van der Waals surface area contributed by atoms with Gasteiger partial charge in [-0.05, 0) is 24.6 Å². The number of aryl methyl sites for hydroxylation is 1. The maximum absolute atomic E-state index is 12.0. The second kappa shape index (κ2) is 5.07. The number of amides is 1. The zero-order valence-electron chi connectivity index (χ0n) is 9.39. The molecule has 0 atom stereocenters. The summed E-state index contributed by atoms with van der Waals surface area (Å²) < 4.78 is 40.7. The van der Waals surface area contributed by atoms with Gasteiger partial charge in [0.2, 0.25) is 5.91 Å². The van der Waals surface area contributed by atoms with Gasteiger partial charge in [-0.3, -0.25) is 4.79 Å². The lowest BCUT2D eigenvalue weighted by Crippen LogP contribution is -2.20. The van der Waals surface area contributed by atoms with Crippen molar-refractivity contribution < 1.29 is 22.7 Å². The first-order chi connectivity index (χ1) is 7.78. The molecular formula is C11H12F3NO2. The van der Waals surface area contributed by atoms with E-state index >= 15 is 0 Å². The molecule has 0 bridgehead atoms. The molecular weight excluding hydrogens is 235 g/mol. The quantitative estimate of drug-likeness (QED) is 0.891. The summed E-state index contributed by atoms with van der Waals surface area (Å²) in [6.07, 6.45) is -4.41. The summed E-state index contributed by atoms with van der Waals surface area (Å²) in [4.78, 5) is 10.9. The van der Waals surface area contributed by atoms with Crippen molar-refractivity contribution >= 4 is 11.6 Å². The monoisotopic (exact) mass is 247 g/mol. The summed E-state index contributed by atoms with van der Waals surface area (Å²) in [7, 11) is 0. The van der Waals surface area contributed by atoms with E-state index in [9.17, 15) is 18.0 Å². The number of halogens is 3. The minimum Gasteiger partial charge on any atom is -0.482 e. The molecule has 1 aromatic rings. The summed E-state index contributed by atoms with van der Waals surface area (Å²) in [5.41, 5.74) is 0.976. The minimum atomic E-state index is -4.41. The van der Waals surface area contributed by atoms with Gasteiger partial charge < -0.3 is 10.1 Å². The molecule has 17 heavy (non-hydrogen) atoms. The molecule has 0 radical (unpaired) electrons. The third kappa shape index (κ3) is 4.76. The molecule has 1 N–H and O–H groups in total. The third-order valence-corrected chi connectivity index (χ3v) is 1.84. The number of hydrogen-bond donors (Lipinski definition) is 1. The number of nitrogens with one attached hydrogen (secondary N) is 1. The van der Waals surface area contributed by atoms with Crippen LogP contribution < -0.4 is 10.1 Å². The molecule has 0 aliphatic rings. The van der Waals surface area contributed by atoms with Crippen LogP contribution in [-0.4, -0.2) is 18.7 Å². The molecule has 94 valence electrons. The van der Waals surface area contributed by atoms with Crippen molar-refractivity contribution in [1.29, 1.82) is 0 Å². The highest BCUT2D eigenvalue weighted by molar-refractivity contribution is 5.90. The molecule has 0 saturated heterocycles. The smallest absolute Gasteiger partial charge is 0.422 e. The van der Waals surface area contributed by atoms with E-state index in [1.807, 2.05) is 0 Å².